The molecule has 2 N–H and O–H groups in total. The number of hydrogen-bond donors (Lipinski definition) is 2. The van der Waals surface area contributed by atoms with E-state index in [9.17, 15) is 5.11 Å². The summed E-state index contributed by atoms with van der Waals surface area (Å²) in [6, 6.07) is 5.62. The first-order chi connectivity index (χ1) is 8.64. The molecular formula is C14H20ClNO2. The molecule has 0 aliphatic heterocycles. The Hall–Kier alpha value is -0.770. The first kappa shape index (κ1) is 13.7. The lowest BCUT2D eigenvalue weighted by Gasteiger charge is -2.23. The Balaban J connectivity index is 1.94. The third-order valence-corrected chi connectivity index (χ3v) is 3.94. The average Bonchev–Trinajstić information content (AvgIpc) is 2.78. The van der Waals surface area contributed by atoms with Crippen LogP contribution in [0.5, 0.6) is 5.75 Å². The molecule has 3 nitrogen and oxygen atoms in total. The van der Waals surface area contributed by atoms with Crippen molar-refractivity contribution in [2.45, 2.75) is 37.8 Å². The van der Waals surface area contributed by atoms with Crippen LogP contribution in [0.15, 0.2) is 18.2 Å². The molecule has 1 aliphatic carbocycles. The zero-order chi connectivity index (χ0) is 13.0. The molecule has 0 unspecified atom stereocenters. The van der Waals surface area contributed by atoms with Gasteiger partial charge in [0.2, 0.25) is 0 Å². The van der Waals surface area contributed by atoms with Crippen molar-refractivity contribution in [2.24, 2.45) is 0 Å². The summed E-state index contributed by atoms with van der Waals surface area (Å²) in [6.45, 7) is 1.23. The molecule has 1 aromatic carbocycles. The highest BCUT2D eigenvalue weighted by Gasteiger charge is 2.30. The van der Waals surface area contributed by atoms with E-state index in [0.717, 1.165) is 37.0 Å². The number of nitrogens with one attached hydrogen (secondary N) is 1. The van der Waals surface area contributed by atoms with E-state index in [2.05, 4.69) is 5.32 Å². The Morgan fingerprint density at radius 2 is 2.11 bits per heavy atom. The minimum absolute atomic E-state index is 0.533. The zero-order valence-electron chi connectivity index (χ0n) is 10.7. The van der Waals surface area contributed by atoms with Crippen LogP contribution in [-0.4, -0.2) is 24.4 Å². The van der Waals surface area contributed by atoms with Crippen LogP contribution in [0, 0.1) is 0 Å². The highest BCUT2D eigenvalue weighted by molar-refractivity contribution is 6.31. The van der Waals surface area contributed by atoms with E-state index in [1.165, 1.54) is 0 Å². The van der Waals surface area contributed by atoms with E-state index < -0.39 is 5.60 Å². The minimum Gasteiger partial charge on any atom is -0.496 e. The van der Waals surface area contributed by atoms with Crippen LogP contribution < -0.4 is 10.1 Å². The molecule has 0 heterocycles. The molecule has 1 saturated carbocycles. The molecule has 1 fully saturated rings. The third-order valence-electron chi connectivity index (χ3n) is 3.59. The van der Waals surface area contributed by atoms with Gasteiger partial charge in [-0.1, -0.05) is 30.5 Å². The Labute approximate surface area is 113 Å². The van der Waals surface area contributed by atoms with Gasteiger partial charge in [0.15, 0.2) is 0 Å². The maximum Gasteiger partial charge on any atom is 0.124 e. The summed E-state index contributed by atoms with van der Waals surface area (Å²) in [6.07, 6.45) is 4.01. The van der Waals surface area contributed by atoms with Gasteiger partial charge >= 0.3 is 0 Å². The molecule has 0 spiro atoms. The second-order valence-electron chi connectivity index (χ2n) is 4.96. The normalized spacial score (nSPS) is 17.9. The number of methoxy groups -OCH3 is 1. The van der Waals surface area contributed by atoms with E-state index in [4.69, 9.17) is 16.3 Å². The van der Waals surface area contributed by atoms with Crippen molar-refractivity contribution in [1.29, 1.82) is 0 Å². The number of benzene rings is 1. The molecular weight excluding hydrogens is 250 g/mol. The fourth-order valence-electron chi connectivity index (χ4n) is 2.53. The SMILES string of the molecule is COc1cccc(Cl)c1CNCC1(O)CCCC1. The lowest BCUT2D eigenvalue weighted by Crippen LogP contribution is -2.37. The molecule has 0 amide bonds. The van der Waals surface area contributed by atoms with Crippen molar-refractivity contribution in [3.8, 4) is 5.75 Å². The van der Waals surface area contributed by atoms with Gasteiger partial charge in [-0.15, -0.1) is 0 Å². The standard InChI is InChI=1S/C14H20ClNO2/c1-18-13-6-4-5-12(15)11(13)9-16-10-14(17)7-2-3-8-14/h4-6,16-17H,2-3,7-10H2,1H3. The molecule has 0 atom stereocenters. The number of rotatable bonds is 5. The van der Waals surface area contributed by atoms with E-state index >= 15 is 0 Å². The Bertz CT molecular complexity index is 403. The maximum atomic E-state index is 10.2. The van der Waals surface area contributed by atoms with Crippen molar-refractivity contribution in [3.63, 3.8) is 0 Å². The quantitative estimate of drug-likeness (QED) is 0.864. The van der Waals surface area contributed by atoms with Gasteiger partial charge < -0.3 is 15.2 Å². The number of ether oxygens (including phenoxy) is 1. The number of aliphatic hydroxyl groups is 1. The summed E-state index contributed by atoms with van der Waals surface area (Å²) in [5, 5.41) is 14.2. The maximum absolute atomic E-state index is 10.2. The van der Waals surface area contributed by atoms with E-state index in [0.29, 0.717) is 18.1 Å². The minimum atomic E-state index is -0.533. The molecule has 100 valence electrons. The summed E-state index contributed by atoms with van der Waals surface area (Å²) in [5.41, 5.74) is 0.414. The van der Waals surface area contributed by atoms with E-state index in [-0.39, 0.29) is 0 Å². The predicted molar refractivity (Wildman–Crippen MR) is 73.1 cm³/mol. The van der Waals surface area contributed by atoms with Crippen molar-refractivity contribution in [3.05, 3.63) is 28.8 Å². The Kier molecular flexibility index (Phi) is 4.49. The summed E-state index contributed by atoms with van der Waals surface area (Å²) in [7, 11) is 1.64. The molecule has 0 bridgehead atoms. The van der Waals surface area contributed by atoms with Crippen LogP contribution >= 0.6 is 11.6 Å². The topological polar surface area (TPSA) is 41.5 Å². The fourth-order valence-corrected chi connectivity index (χ4v) is 2.76. The van der Waals surface area contributed by atoms with Crippen LogP contribution in [0.25, 0.3) is 0 Å². The van der Waals surface area contributed by atoms with Crippen LogP contribution in [0.3, 0.4) is 0 Å². The fraction of sp³-hybridized carbons (Fsp3) is 0.571. The van der Waals surface area contributed by atoms with E-state index in [1.807, 2.05) is 18.2 Å². The summed E-state index contributed by atoms with van der Waals surface area (Å²) >= 11 is 6.16. The number of hydrogen-bond acceptors (Lipinski definition) is 3. The predicted octanol–water partition coefficient (Wildman–Crippen LogP) is 2.74. The van der Waals surface area contributed by atoms with Gasteiger partial charge in [0.1, 0.15) is 5.75 Å². The largest absolute Gasteiger partial charge is 0.496 e. The second-order valence-corrected chi connectivity index (χ2v) is 5.36. The molecule has 0 aromatic heterocycles. The molecule has 0 saturated heterocycles. The van der Waals surface area contributed by atoms with Gasteiger partial charge in [-0.3, -0.25) is 0 Å². The van der Waals surface area contributed by atoms with Gasteiger partial charge in [0, 0.05) is 23.7 Å². The molecule has 0 radical (unpaired) electrons. The molecule has 1 aliphatic rings. The van der Waals surface area contributed by atoms with Crippen LogP contribution in [-0.2, 0) is 6.54 Å². The van der Waals surface area contributed by atoms with E-state index in [1.54, 1.807) is 7.11 Å². The second kappa shape index (κ2) is 5.91. The van der Waals surface area contributed by atoms with Gasteiger partial charge in [-0.25, -0.2) is 0 Å². The van der Waals surface area contributed by atoms with Gasteiger partial charge in [0.25, 0.3) is 0 Å². The molecule has 1 aromatic rings. The molecule has 18 heavy (non-hydrogen) atoms. The zero-order valence-corrected chi connectivity index (χ0v) is 11.5. The van der Waals surface area contributed by atoms with Gasteiger partial charge in [-0.05, 0) is 25.0 Å². The lowest BCUT2D eigenvalue weighted by atomic mass is 10.0. The van der Waals surface area contributed by atoms with Crippen LogP contribution in [0.1, 0.15) is 31.2 Å². The van der Waals surface area contributed by atoms with Crippen LogP contribution in [0.2, 0.25) is 5.02 Å². The highest BCUT2D eigenvalue weighted by Crippen LogP contribution is 2.29. The summed E-state index contributed by atoms with van der Waals surface area (Å²) in [4.78, 5) is 0. The first-order valence-corrected chi connectivity index (χ1v) is 6.77. The smallest absolute Gasteiger partial charge is 0.124 e. The lowest BCUT2D eigenvalue weighted by molar-refractivity contribution is 0.0474. The molecule has 4 heteroatoms. The van der Waals surface area contributed by atoms with Crippen LogP contribution in [0.4, 0.5) is 0 Å². The van der Waals surface area contributed by atoms with Crippen molar-refractivity contribution >= 4 is 11.6 Å². The Morgan fingerprint density at radius 1 is 1.39 bits per heavy atom. The highest BCUT2D eigenvalue weighted by atomic mass is 35.5. The van der Waals surface area contributed by atoms with Crippen molar-refractivity contribution in [2.75, 3.05) is 13.7 Å². The summed E-state index contributed by atoms with van der Waals surface area (Å²) < 4.78 is 5.29. The van der Waals surface area contributed by atoms with Crippen molar-refractivity contribution in [1.82, 2.24) is 5.32 Å². The van der Waals surface area contributed by atoms with Crippen molar-refractivity contribution < 1.29 is 9.84 Å². The average molecular weight is 270 g/mol. The Morgan fingerprint density at radius 3 is 2.78 bits per heavy atom. The molecule has 2 rings (SSSR count). The first-order valence-electron chi connectivity index (χ1n) is 6.39. The third kappa shape index (κ3) is 3.16. The monoisotopic (exact) mass is 269 g/mol. The van der Waals surface area contributed by atoms with Gasteiger partial charge in [-0.2, -0.15) is 0 Å². The van der Waals surface area contributed by atoms with Gasteiger partial charge in [0.05, 0.1) is 12.7 Å². The summed E-state index contributed by atoms with van der Waals surface area (Å²) in [5.74, 6) is 0.786. The number of halogens is 1.